The molecular formula is C7H7BF2O4. The third-order valence-corrected chi connectivity index (χ3v) is 1.51. The summed E-state index contributed by atoms with van der Waals surface area (Å²) in [7, 11) is -2.14. The molecule has 7 heteroatoms. The van der Waals surface area contributed by atoms with Crippen LogP contribution < -0.4 is 4.65 Å². The van der Waals surface area contributed by atoms with Crippen molar-refractivity contribution < 1.29 is 28.6 Å². The minimum Gasteiger partial charge on any atom is -0.512 e. The van der Waals surface area contributed by atoms with E-state index in [4.69, 9.17) is 15.2 Å². The summed E-state index contributed by atoms with van der Waals surface area (Å²) in [6, 6.07) is 1.49. The maximum absolute atomic E-state index is 12.9. The zero-order valence-electron chi connectivity index (χ0n) is 6.94. The first-order chi connectivity index (χ1) is 6.54. The van der Waals surface area contributed by atoms with Gasteiger partial charge in [-0.1, -0.05) is 0 Å². The molecule has 0 bridgehead atoms. The van der Waals surface area contributed by atoms with E-state index >= 15 is 0 Å². The van der Waals surface area contributed by atoms with Crippen LogP contribution in [0.5, 0.6) is 5.75 Å². The van der Waals surface area contributed by atoms with Crippen LogP contribution in [0.3, 0.4) is 0 Å². The highest BCUT2D eigenvalue weighted by atomic mass is 19.1. The number of hydrogen-bond donors (Lipinski definition) is 3. The number of benzene rings is 1. The first kappa shape index (κ1) is 10.9. The molecule has 4 nitrogen and oxygen atoms in total. The van der Waals surface area contributed by atoms with Crippen molar-refractivity contribution in [2.24, 2.45) is 0 Å². The molecule has 1 aromatic carbocycles. The zero-order chi connectivity index (χ0) is 10.7. The smallest absolute Gasteiger partial charge is 0.512 e. The lowest BCUT2D eigenvalue weighted by Gasteiger charge is -2.07. The van der Waals surface area contributed by atoms with Gasteiger partial charge < -0.3 is 19.8 Å². The third-order valence-electron chi connectivity index (χ3n) is 1.51. The van der Waals surface area contributed by atoms with Gasteiger partial charge in [0.25, 0.3) is 0 Å². The van der Waals surface area contributed by atoms with E-state index in [1.165, 1.54) is 0 Å². The van der Waals surface area contributed by atoms with Crippen molar-refractivity contribution in [3.8, 4) is 5.75 Å². The molecule has 0 atom stereocenters. The molecule has 1 rings (SSSR count). The Bertz CT molecular complexity index is 308. The van der Waals surface area contributed by atoms with Crippen LogP contribution >= 0.6 is 0 Å². The second kappa shape index (κ2) is 4.36. The van der Waals surface area contributed by atoms with E-state index in [1.54, 1.807) is 0 Å². The molecule has 76 valence electrons. The summed E-state index contributed by atoms with van der Waals surface area (Å²) in [4.78, 5) is 0. The first-order valence-corrected chi connectivity index (χ1v) is 3.66. The summed E-state index contributed by atoms with van der Waals surface area (Å²) in [5, 5.41) is 25.3. The fourth-order valence-corrected chi connectivity index (χ4v) is 0.921. The van der Waals surface area contributed by atoms with Crippen molar-refractivity contribution in [2.75, 3.05) is 0 Å². The first-order valence-electron chi connectivity index (χ1n) is 3.66. The Morgan fingerprint density at radius 3 is 2.07 bits per heavy atom. The summed E-state index contributed by atoms with van der Waals surface area (Å²) < 4.78 is 30.1. The zero-order valence-corrected chi connectivity index (χ0v) is 6.94. The summed E-state index contributed by atoms with van der Waals surface area (Å²) in [5.41, 5.74) is -0.496. The Morgan fingerprint density at radius 2 is 1.71 bits per heavy atom. The molecule has 0 aromatic heterocycles. The predicted molar refractivity (Wildman–Crippen MR) is 43.1 cm³/mol. The normalized spacial score (nSPS) is 10.1. The molecule has 1 aromatic rings. The molecule has 0 aliphatic rings. The molecule has 0 saturated heterocycles. The molecule has 0 fully saturated rings. The SMILES string of the molecule is OCc1c(F)cc(OB(O)O)cc1F. The molecule has 14 heavy (non-hydrogen) atoms. The van der Waals surface area contributed by atoms with E-state index in [2.05, 4.69) is 4.65 Å². The van der Waals surface area contributed by atoms with Crippen LogP contribution in [0.15, 0.2) is 12.1 Å². The summed E-state index contributed by atoms with van der Waals surface area (Å²) in [5.74, 6) is -2.39. The van der Waals surface area contributed by atoms with Crippen molar-refractivity contribution in [1.29, 1.82) is 0 Å². The lowest BCUT2D eigenvalue weighted by atomic mass is 10.2. The van der Waals surface area contributed by atoms with Gasteiger partial charge in [-0.15, -0.1) is 0 Å². The molecular weight excluding hydrogens is 197 g/mol. The topological polar surface area (TPSA) is 69.9 Å². The fraction of sp³-hybridized carbons (Fsp3) is 0.143. The van der Waals surface area contributed by atoms with Gasteiger partial charge in [-0.3, -0.25) is 0 Å². The van der Waals surface area contributed by atoms with Crippen LogP contribution in [-0.4, -0.2) is 22.5 Å². The van der Waals surface area contributed by atoms with Gasteiger partial charge in [0.2, 0.25) is 0 Å². The second-order valence-corrected chi connectivity index (χ2v) is 2.47. The van der Waals surface area contributed by atoms with Gasteiger partial charge in [0.05, 0.1) is 6.61 Å². The Balaban J connectivity index is 3.01. The number of aliphatic hydroxyl groups is 1. The second-order valence-electron chi connectivity index (χ2n) is 2.47. The quantitative estimate of drug-likeness (QED) is 0.596. The van der Waals surface area contributed by atoms with Crippen molar-refractivity contribution in [3.05, 3.63) is 29.3 Å². The van der Waals surface area contributed by atoms with E-state index in [-0.39, 0.29) is 5.75 Å². The van der Waals surface area contributed by atoms with Gasteiger partial charge in [-0.25, -0.2) is 8.78 Å². The van der Waals surface area contributed by atoms with Crippen molar-refractivity contribution in [1.82, 2.24) is 0 Å². The number of hydrogen-bond acceptors (Lipinski definition) is 4. The minimum atomic E-state index is -2.14. The number of halogens is 2. The Kier molecular flexibility index (Phi) is 3.40. The van der Waals surface area contributed by atoms with Gasteiger partial charge in [0, 0.05) is 17.7 Å². The minimum absolute atomic E-state index is 0.368. The molecule has 0 unspecified atom stereocenters. The summed E-state index contributed by atoms with van der Waals surface area (Å²) in [6.45, 7) is -0.778. The summed E-state index contributed by atoms with van der Waals surface area (Å²) in [6.07, 6.45) is 0. The lowest BCUT2D eigenvalue weighted by Crippen LogP contribution is -2.20. The highest BCUT2D eigenvalue weighted by molar-refractivity contribution is 6.33. The van der Waals surface area contributed by atoms with Crippen molar-refractivity contribution in [3.63, 3.8) is 0 Å². The van der Waals surface area contributed by atoms with E-state index in [1.807, 2.05) is 0 Å². The molecule has 3 N–H and O–H groups in total. The predicted octanol–water partition coefficient (Wildman–Crippen LogP) is -0.195. The Morgan fingerprint density at radius 1 is 1.21 bits per heavy atom. The average molecular weight is 204 g/mol. The van der Waals surface area contributed by atoms with Crippen LogP contribution in [-0.2, 0) is 6.61 Å². The molecule has 0 amide bonds. The van der Waals surface area contributed by atoms with E-state index in [9.17, 15) is 8.78 Å². The van der Waals surface area contributed by atoms with Gasteiger partial charge in [0.1, 0.15) is 17.4 Å². The van der Waals surface area contributed by atoms with Crippen LogP contribution in [0, 0.1) is 11.6 Å². The van der Waals surface area contributed by atoms with E-state index in [0.29, 0.717) is 0 Å². The molecule has 0 saturated carbocycles. The van der Waals surface area contributed by atoms with Gasteiger partial charge in [0.15, 0.2) is 0 Å². The fourth-order valence-electron chi connectivity index (χ4n) is 0.921. The number of aliphatic hydroxyl groups excluding tert-OH is 1. The molecule has 0 spiro atoms. The van der Waals surface area contributed by atoms with Gasteiger partial charge >= 0.3 is 7.32 Å². The maximum Gasteiger partial charge on any atom is 0.707 e. The Hall–Kier alpha value is -1.18. The van der Waals surface area contributed by atoms with Crippen molar-refractivity contribution >= 4 is 7.32 Å². The maximum atomic E-state index is 12.9. The monoisotopic (exact) mass is 204 g/mol. The van der Waals surface area contributed by atoms with E-state index < -0.39 is 31.1 Å². The van der Waals surface area contributed by atoms with Crippen LogP contribution in [0.1, 0.15) is 5.56 Å². The summed E-state index contributed by atoms with van der Waals surface area (Å²) >= 11 is 0. The third kappa shape index (κ3) is 2.41. The standard InChI is InChI=1S/C7H7BF2O4/c9-6-1-4(14-8(12)13)2-7(10)5(6)3-11/h1-2,11-13H,3H2. The molecule has 0 aliphatic heterocycles. The largest absolute Gasteiger partial charge is 0.707 e. The van der Waals surface area contributed by atoms with Crippen LogP contribution in [0.25, 0.3) is 0 Å². The Labute approximate surface area is 78.6 Å². The molecule has 0 heterocycles. The molecule has 0 aliphatic carbocycles. The van der Waals surface area contributed by atoms with Crippen molar-refractivity contribution in [2.45, 2.75) is 6.61 Å². The molecule has 0 radical (unpaired) electrons. The number of rotatable bonds is 3. The lowest BCUT2D eigenvalue weighted by molar-refractivity contribution is 0.267. The highest BCUT2D eigenvalue weighted by Crippen LogP contribution is 2.20. The van der Waals surface area contributed by atoms with Gasteiger partial charge in [-0.2, -0.15) is 0 Å². The van der Waals surface area contributed by atoms with Crippen LogP contribution in [0.4, 0.5) is 8.78 Å². The van der Waals surface area contributed by atoms with E-state index in [0.717, 1.165) is 12.1 Å². The van der Waals surface area contributed by atoms with Crippen LogP contribution in [0.2, 0.25) is 0 Å². The highest BCUT2D eigenvalue weighted by Gasteiger charge is 2.15. The van der Waals surface area contributed by atoms with Gasteiger partial charge in [-0.05, 0) is 0 Å². The average Bonchev–Trinajstić information content (AvgIpc) is 2.01.